The third-order valence-electron chi connectivity index (χ3n) is 4.93. The summed E-state index contributed by atoms with van der Waals surface area (Å²) in [5, 5.41) is 12.5. The van der Waals surface area contributed by atoms with Gasteiger partial charge >= 0.3 is 6.16 Å². The van der Waals surface area contributed by atoms with Crippen molar-refractivity contribution in [1.29, 1.82) is 0 Å². The Morgan fingerprint density at radius 1 is 1.36 bits per heavy atom. The second kappa shape index (κ2) is 6.75. The molecule has 0 radical (unpaired) electrons. The molecule has 0 fully saturated rings. The number of aryl methyl sites for hydroxylation is 1. The van der Waals surface area contributed by atoms with Gasteiger partial charge in [0.2, 0.25) is 0 Å². The van der Waals surface area contributed by atoms with Gasteiger partial charge in [-0.05, 0) is 36.6 Å². The molecule has 1 unspecified atom stereocenters. The lowest BCUT2D eigenvalue weighted by Crippen LogP contribution is -2.24. The summed E-state index contributed by atoms with van der Waals surface area (Å²) < 4.78 is 9.95. The monoisotopic (exact) mass is 395 g/mol. The standard InChI is InChI=1S/C19H17N5O3S/c1-26-19(25)27-12-3-4-13-15(7-12)28-18-16(13)17(20-9-21-18)23-11-2-5-14-10(6-11)8-22-24-14/h2,5-6,8-9,12H,3-4,7H2,1H3,(H,22,24)(H,20,21,23). The molecular formula is C19H17N5O3S. The first-order chi connectivity index (χ1) is 13.7. The summed E-state index contributed by atoms with van der Waals surface area (Å²) >= 11 is 1.63. The topological polar surface area (TPSA) is 102 Å². The fourth-order valence-electron chi connectivity index (χ4n) is 3.62. The van der Waals surface area contributed by atoms with Gasteiger partial charge < -0.3 is 14.8 Å². The Balaban J connectivity index is 1.48. The number of nitrogens with one attached hydrogen (secondary N) is 2. The number of aromatic nitrogens is 4. The van der Waals surface area contributed by atoms with Crippen LogP contribution in [0.2, 0.25) is 0 Å². The van der Waals surface area contributed by atoms with Gasteiger partial charge in [-0.25, -0.2) is 14.8 Å². The first kappa shape index (κ1) is 16.9. The lowest BCUT2D eigenvalue weighted by molar-refractivity contribution is 0.0325. The summed E-state index contributed by atoms with van der Waals surface area (Å²) in [5.41, 5.74) is 3.16. The van der Waals surface area contributed by atoms with Gasteiger partial charge in [-0.15, -0.1) is 11.3 Å². The molecule has 3 aromatic heterocycles. The second-order valence-electron chi connectivity index (χ2n) is 6.64. The molecule has 1 aliphatic carbocycles. The van der Waals surface area contributed by atoms with E-state index in [9.17, 15) is 4.79 Å². The SMILES string of the molecule is COC(=O)OC1CCc2c(sc3ncnc(Nc4ccc5[nH]ncc5c4)c23)C1. The number of methoxy groups -OCH3 is 1. The molecule has 0 bridgehead atoms. The van der Waals surface area contributed by atoms with Gasteiger partial charge in [-0.2, -0.15) is 5.10 Å². The van der Waals surface area contributed by atoms with Crippen molar-refractivity contribution in [3.8, 4) is 0 Å². The summed E-state index contributed by atoms with van der Waals surface area (Å²) in [6.45, 7) is 0. The highest BCUT2D eigenvalue weighted by atomic mass is 32.1. The number of benzene rings is 1. The lowest BCUT2D eigenvalue weighted by Gasteiger charge is -2.21. The minimum absolute atomic E-state index is 0.166. The Bertz CT molecular complexity index is 1180. The van der Waals surface area contributed by atoms with Crippen molar-refractivity contribution in [3.63, 3.8) is 0 Å². The molecule has 1 aliphatic rings. The van der Waals surface area contributed by atoms with Crippen LogP contribution in [0.1, 0.15) is 16.9 Å². The van der Waals surface area contributed by atoms with Crippen LogP contribution in [0, 0.1) is 0 Å². The number of anilines is 2. The maximum Gasteiger partial charge on any atom is 0.508 e. The molecule has 0 aliphatic heterocycles. The molecule has 8 nitrogen and oxygen atoms in total. The minimum Gasteiger partial charge on any atom is -0.438 e. The first-order valence-corrected chi connectivity index (χ1v) is 9.73. The van der Waals surface area contributed by atoms with E-state index in [-0.39, 0.29) is 6.10 Å². The number of H-pyrrole nitrogens is 1. The summed E-state index contributed by atoms with van der Waals surface area (Å²) in [6.07, 6.45) is 4.80. The van der Waals surface area contributed by atoms with Crippen molar-refractivity contribution in [1.82, 2.24) is 20.2 Å². The van der Waals surface area contributed by atoms with Crippen LogP contribution in [0.15, 0.2) is 30.7 Å². The Labute approximate surface area is 163 Å². The quantitative estimate of drug-likeness (QED) is 0.506. The van der Waals surface area contributed by atoms with Crippen molar-refractivity contribution in [2.75, 3.05) is 12.4 Å². The predicted molar refractivity (Wildman–Crippen MR) is 106 cm³/mol. The van der Waals surface area contributed by atoms with Crippen LogP contribution >= 0.6 is 11.3 Å². The highest BCUT2D eigenvalue weighted by Gasteiger charge is 2.27. The number of thiophene rings is 1. The third kappa shape index (κ3) is 2.93. The largest absolute Gasteiger partial charge is 0.508 e. The van der Waals surface area contributed by atoms with Crippen molar-refractivity contribution in [2.24, 2.45) is 0 Å². The maximum absolute atomic E-state index is 11.4. The average Bonchev–Trinajstić information content (AvgIpc) is 3.31. The molecule has 1 aromatic carbocycles. The van der Waals surface area contributed by atoms with E-state index in [1.54, 1.807) is 23.9 Å². The number of aromatic amines is 1. The van der Waals surface area contributed by atoms with Gasteiger partial charge in [0.15, 0.2) is 0 Å². The second-order valence-corrected chi connectivity index (χ2v) is 7.72. The maximum atomic E-state index is 11.4. The van der Waals surface area contributed by atoms with Crippen LogP contribution in [0.3, 0.4) is 0 Å². The van der Waals surface area contributed by atoms with E-state index in [2.05, 4.69) is 30.2 Å². The molecule has 4 aromatic rings. The molecule has 1 atom stereocenters. The lowest BCUT2D eigenvalue weighted by atomic mass is 9.94. The van der Waals surface area contributed by atoms with Gasteiger partial charge in [0.25, 0.3) is 0 Å². The number of carbonyl (C=O) groups excluding carboxylic acids is 1. The van der Waals surface area contributed by atoms with Crippen LogP contribution in [-0.2, 0) is 22.3 Å². The fraction of sp³-hybridized carbons (Fsp3) is 0.263. The first-order valence-electron chi connectivity index (χ1n) is 8.91. The van der Waals surface area contributed by atoms with E-state index >= 15 is 0 Å². The number of nitrogens with zero attached hydrogens (tertiary/aromatic N) is 3. The summed E-state index contributed by atoms with van der Waals surface area (Å²) in [7, 11) is 1.32. The van der Waals surface area contributed by atoms with Crippen LogP contribution < -0.4 is 5.32 Å². The number of ether oxygens (including phenoxy) is 2. The van der Waals surface area contributed by atoms with Crippen LogP contribution in [0.25, 0.3) is 21.1 Å². The van der Waals surface area contributed by atoms with Gasteiger partial charge in [0, 0.05) is 22.4 Å². The molecule has 0 spiro atoms. The Morgan fingerprint density at radius 3 is 3.18 bits per heavy atom. The fourth-order valence-corrected chi connectivity index (χ4v) is 4.87. The number of hydrogen-bond donors (Lipinski definition) is 2. The summed E-state index contributed by atoms with van der Waals surface area (Å²) in [5.74, 6) is 0.790. The van der Waals surface area contributed by atoms with Crippen LogP contribution in [0.4, 0.5) is 16.3 Å². The number of rotatable bonds is 3. The molecule has 3 heterocycles. The molecule has 2 N–H and O–H groups in total. The van der Waals surface area contributed by atoms with Gasteiger partial charge in [-0.1, -0.05) is 0 Å². The van der Waals surface area contributed by atoms with Crippen molar-refractivity contribution < 1.29 is 14.3 Å². The zero-order valence-electron chi connectivity index (χ0n) is 15.1. The molecule has 142 valence electrons. The molecule has 0 amide bonds. The van der Waals surface area contributed by atoms with E-state index in [0.29, 0.717) is 6.42 Å². The molecule has 0 saturated heterocycles. The summed E-state index contributed by atoms with van der Waals surface area (Å²) in [4.78, 5) is 22.5. The highest BCUT2D eigenvalue weighted by molar-refractivity contribution is 7.19. The highest BCUT2D eigenvalue weighted by Crippen LogP contribution is 2.39. The average molecular weight is 395 g/mol. The van der Waals surface area contributed by atoms with Gasteiger partial charge in [0.1, 0.15) is 23.1 Å². The van der Waals surface area contributed by atoms with Crippen molar-refractivity contribution >= 4 is 50.1 Å². The van der Waals surface area contributed by atoms with E-state index in [1.807, 2.05) is 18.2 Å². The molecular weight excluding hydrogens is 378 g/mol. The van der Waals surface area contributed by atoms with Crippen molar-refractivity contribution in [3.05, 3.63) is 41.2 Å². The minimum atomic E-state index is -0.633. The van der Waals surface area contributed by atoms with Gasteiger partial charge in [0.05, 0.1) is 24.2 Å². The van der Waals surface area contributed by atoms with E-state index in [4.69, 9.17) is 4.74 Å². The smallest absolute Gasteiger partial charge is 0.438 e. The summed E-state index contributed by atoms with van der Waals surface area (Å²) in [6, 6.07) is 6.01. The molecule has 5 rings (SSSR count). The van der Waals surface area contributed by atoms with Crippen molar-refractivity contribution in [2.45, 2.75) is 25.4 Å². The zero-order valence-corrected chi connectivity index (χ0v) is 15.9. The Morgan fingerprint density at radius 2 is 2.29 bits per heavy atom. The van der Waals surface area contributed by atoms with Crippen LogP contribution in [0.5, 0.6) is 0 Å². The van der Waals surface area contributed by atoms with E-state index < -0.39 is 6.16 Å². The molecule has 28 heavy (non-hydrogen) atoms. The number of fused-ring (bicyclic) bond motifs is 4. The number of hydrogen-bond acceptors (Lipinski definition) is 8. The van der Waals surface area contributed by atoms with E-state index in [0.717, 1.165) is 45.5 Å². The van der Waals surface area contributed by atoms with E-state index in [1.165, 1.54) is 17.6 Å². The predicted octanol–water partition coefficient (Wildman–Crippen LogP) is 3.95. The number of carbonyl (C=O) groups is 1. The van der Waals surface area contributed by atoms with Gasteiger partial charge in [-0.3, -0.25) is 5.10 Å². The van der Waals surface area contributed by atoms with Crippen LogP contribution in [-0.4, -0.2) is 39.5 Å². The third-order valence-corrected chi connectivity index (χ3v) is 6.09. The molecule has 9 heteroatoms. The zero-order chi connectivity index (χ0) is 19.1. The normalized spacial score (nSPS) is 16.1. The Kier molecular flexibility index (Phi) is 4.09. The molecule has 0 saturated carbocycles. The Hall–Kier alpha value is -3.20.